The monoisotopic (exact) mass is 361 g/mol. The van der Waals surface area contributed by atoms with E-state index >= 15 is 0 Å². The number of benzene rings is 2. The highest BCUT2D eigenvalue weighted by atomic mass is 16.5. The predicted molar refractivity (Wildman–Crippen MR) is 94.9 cm³/mol. The van der Waals surface area contributed by atoms with Crippen LogP contribution in [0.3, 0.4) is 0 Å². The van der Waals surface area contributed by atoms with E-state index in [9.17, 15) is 4.79 Å². The molecule has 0 saturated carbocycles. The molecule has 0 fully saturated rings. The van der Waals surface area contributed by atoms with Gasteiger partial charge in [-0.1, -0.05) is 0 Å². The summed E-state index contributed by atoms with van der Waals surface area (Å²) < 4.78 is 20.9. The molecule has 1 amide bonds. The molecule has 0 radical (unpaired) electrons. The molecule has 0 saturated heterocycles. The molecule has 26 heavy (non-hydrogen) atoms. The van der Waals surface area contributed by atoms with Crippen molar-refractivity contribution in [2.75, 3.05) is 33.8 Å². The fourth-order valence-corrected chi connectivity index (χ4v) is 2.18. The minimum absolute atomic E-state index is 0.244. The highest BCUT2D eigenvalue weighted by Gasteiger charge is 2.13. The standard InChI is InChI=1S/C17H19N3O6/c1-23-11-5-6-12(13(9-11)18-17(21)22)20-19-10-7-14(24-2)16(26-4)15(8-10)25-3/h5-9,18H,1-4H3,(H,21,22). The van der Waals surface area contributed by atoms with Gasteiger partial charge in [0.1, 0.15) is 11.4 Å². The smallest absolute Gasteiger partial charge is 0.409 e. The van der Waals surface area contributed by atoms with Crippen molar-refractivity contribution in [3.8, 4) is 23.0 Å². The molecule has 0 aliphatic heterocycles. The van der Waals surface area contributed by atoms with Gasteiger partial charge in [0.15, 0.2) is 11.5 Å². The van der Waals surface area contributed by atoms with E-state index in [0.717, 1.165) is 0 Å². The number of carboxylic acid groups (broad SMARTS) is 1. The molecule has 2 N–H and O–H groups in total. The van der Waals surface area contributed by atoms with Crippen LogP contribution in [-0.4, -0.2) is 39.6 Å². The zero-order chi connectivity index (χ0) is 19.1. The van der Waals surface area contributed by atoms with E-state index in [1.165, 1.54) is 34.5 Å². The van der Waals surface area contributed by atoms with Crippen molar-refractivity contribution < 1.29 is 28.8 Å². The number of nitrogens with one attached hydrogen (secondary N) is 1. The van der Waals surface area contributed by atoms with Crippen LogP contribution in [0.2, 0.25) is 0 Å². The van der Waals surface area contributed by atoms with Gasteiger partial charge in [0, 0.05) is 18.2 Å². The maximum absolute atomic E-state index is 11.0. The van der Waals surface area contributed by atoms with E-state index in [1.54, 1.807) is 24.3 Å². The second-order valence-electron chi connectivity index (χ2n) is 4.90. The topological polar surface area (TPSA) is 111 Å². The zero-order valence-electron chi connectivity index (χ0n) is 14.8. The highest BCUT2D eigenvalue weighted by molar-refractivity contribution is 5.87. The normalized spacial score (nSPS) is 10.5. The first-order valence-electron chi connectivity index (χ1n) is 7.42. The molecule has 9 nitrogen and oxygen atoms in total. The number of rotatable bonds is 7. The van der Waals surface area contributed by atoms with Crippen molar-refractivity contribution in [3.63, 3.8) is 0 Å². The van der Waals surface area contributed by atoms with Crippen molar-refractivity contribution >= 4 is 23.2 Å². The summed E-state index contributed by atoms with van der Waals surface area (Å²) in [6.07, 6.45) is -1.22. The molecule has 0 atom stereocenters. The van der Waals surface area contributed by atoms with Crippen molar-refractivity contribution in [3.05, 3.63) is 30.3 Å². The Balaban J connectivity index is 2.42. The number of hydrogen-bond donors (Lipinski definition) is 2. The van der Waals surface area contributed by atoms with Crippen LogP contribution in [0.1, 0.15) is 0 Å². The van der Waals surface area contributed by atoms with Crippen LogP contribution >= 0.6 is 0 Å². The van der Waals surface area contributed by atoms with E-state index in [0.29, 0.717) is 34.4 Å². The van der Waals surface area contributed by atoms with Crippen molar-refractivity contribution in [2.24, 2.45) is 10.2 Å². The number of azo groups is 1. The van der Waals surface area contributed by atoms with E-state index in [1.807, 2.05) is 0 Å². The summed E-state index contributed by atoms with van der Waals surface area (Å²) in [5.41, 5.74) is 1.01. The molecule has 9 heteroatoms. The fraction of sp³-hybridized carbons (Fsp3) is 0.235. The number of nitrogens with zero attached hydrogens (tertiary/aromatic N) is 2. The van der Waals surface area contributed by atoms with Gasteiger partial charge in [0.05, 0.1) is 39.8 Å². The molecule has 2 aromatic rings. The lowest BCUT2D eigenvalue weighted by Crippen LogP contribution is -2.07. The lowest BCUT2D eigenvalue weighted by Gasteiger charge is -2.12. The number of ether oxygens (including phenoxy) is 4. The Morgan fingerprint density at radius 1 is 0.923 bits per heavy atom. The Morgan fingerprint density at radius 3 is 2.08 bits per heavy atom. The lowest BCUT2D eigenvalue weighted by atomic mass is 10.2. The molecular formula is C17H19N3O6. The highest BCUT2D eigenvalue weighted by Crippen LogP contribution is 2.41. The SMILES string of the molecule is COc1ccc(N=Nc2cc(OC)c(OC)c(OC)c2)c(NC(=O)O)c1. The molecule has 0 aliphatic carbocycles. The molecule has 0 aromatic heterocycles. The molecule has 2 rings (SSSR count). The Labute approximate surface area is 150 Å². The first-order chi connectivity index (χ1) is 12.5. The Morgan fingerprint density at radius 2 is 1.58 bits per heavy atom. The van der Waals surface area contributed by atoms with Crippen LogP contribution in [0.25, 0.3) is 0 Å². The molecule has 2 aromatic carbocycles. The van der Waals surface area contributed by atoms with Crippen LogP contribution < -0.4 is 24.3 Å². The lowest BCUT2D eigenvalue weighted by molar-refractivity contribution is 0.210. The van der Waals surface area contributed by atoms with E-state index in [-0.39, 0.29) is 5.69 Å². The van der Waals surface area contributed by atoms with Gasteiger partial charge in [-0.3, -0.25) is 5.32 Å². The summed E-state index contributed by atoms with van der Waals surface area (Å²) in [7, 11) is 5.98. The summed E-state index contributed by atoms with van der Waals surface area (Å²) >= 11 is 0. The molecule has 0 heterocycles. The first kappa shape index (κ1) is 18.8. The summed E-state index contributed by atoms with van der Waals surface area (Å²) in [5, 5.41) is 19.5. The number of amides is 1. The Bertz CT molecular complexity index is 797. The van der Waals surface area contributed by atoms with Gasteiger partial charge in [0.25, 0.3) is 0 Å². The van der Waals surface area contributed by atoms with Crippen LogP contribution in [0.15, 0.2) is 40.6 Å². The first-order valence-corrected chi connectivity index (χ1v) is 7.42. The average molecular weight is 361 g/mol. The molecule has 0 bridgehead atoms. The molecule has 0 aliphatic rings. The summed E-state index contributed by atoms with van der Waals surface area (Å²) in [6, 6.07) is 8.00. The van der Waals surface area contributed by atoms with Crippen LogP contribution in [0.4, 0.5) is 21.9 Å². The Kier molecular flexibility index (Phi) is 6.20. The second-order valence-corrected chi connectivity index (χ2v) is 4.90. The minimum atomic E-state index is -1.22. The third-order valence-electron chi connectivity index (χ3n) is 3.37. The Hall–Kier alpha value is -3.49. The molecule has 0 spiro atoms. The van der Waals surface area contributed by atoms with Gasteiger partial charge in [-0.2, -0.15) is 5.11 Å². The number of methoxy groups -OCH3 is 4. The minimum Gasteiger partial charge on any atom is -0.497 e. The third-order valence-corrected chi connectivity index (χ3v) is 3.37. The maximum atomic E-state index is 11.0. The third kappa shape index (κ3) is 4.32. The van der Waals surface area contributed by atoms with Crippen LogP contribution in [0, 0.1) is 0 Å². The van der Waals surface area contributed by atoms with Crippen LogP contribution in [-0.2, 0) is 0 Å². The molecular weight excluding hydrogens is 342 g/mol. The number of anilines is 1. The van der Waals surface area contributed by atoms with Crippen molar-refractivity contribution in [1.29, 1.82) is 0 Å². The largest absolute Gasteiger partial charge is 0.497 e. The zero-order valence-corrected chi connectivity index (χ0v) is 14.8. The number of carbonyl (C=O) groups is 1. The second kappa shape index (κ2) is 8.56. The van der Waals surface area contributed by atoms with E-state index in [4.69, 9.17) is 24.1 Å². The molecule has 0 unspecified atom stereocenters. The van der Waals surface area contributed by atoms with Gasteiger partial charge in [-0.25, -0.2) is 4.79 Å². The summed E-state index contributed by atoms with van der Waals surface area (Å²) in [5.74, 6) is 1.78. The van der Waals surface area contributed by atoms with Gasteiger partial charge in [0.2, 0.25) is 5.75 Å². The van der Waals surface area contributed by atoms with Gasteiger partial charge >= 0.3 is 6.09 Å². The van der Waals surface area contributed by atoms with Gasteiger partial charge in [-0.05, 0) is 12.1 Å². The van der Waals surface area contributed by atoms with Gasteiger partial charge in [-0.15, -0.1) is 5.11 Å². The quantitative estimate of drug-likeness (QED) is 0.714. The molecule has 138 valence electrons. The average Bonchev–Trinajstić information content (AvgIpc) is 2.65. The summed E-state index contributed by atoms with van der Waals surface area (Å²) in [4.78, 5) is 11.0. The maximum Gasteiger partial charge on any atom is 0.409 e. The van der Waals surface area contributed by atoms with Gasteiger partial charge < -0.3 is 24.1 Å². The number of hydrogen-bond acceptors (Lipinski definition) is 7. The van der Waals surface area contributed by atoms with Crippen molar-refractivity contribution in [2.45, 2.75) is 0 Å². The van der Waals surface area contributed by atoms with E-state index in [2.05, 4.69) is 15.5 Å². The van der Waals surface area contributed by atoms with Crippen LogP contribution in [0.5, 0.6) is 23.0 Å². The van der Waals surface area contributed by atoms with Crippen molar-refractivity contribution in [1.82, 2.24) is 0 Å². The summed E-state index contributed by atoms with van der Waals surface area (Å²) in [6.45, 7) is 0. The predicted octanol–water partition coefficient (Wildman–Crippen LogP) is 4.23. The van der Waals surface area contributed by atoms with E-state index < -0.39 is 6.09 Å². The fourth-order valence-electron chi connectivity index (χ4n) is 2.18.